The van der Waals surface area contributed by atoms with E-state index in [0.29, 0.717) is 5.82 Å². The fraction of sp³-hybridized carbons (Fsp3) is 0.556. The van der Waals surface area contributed by atoms with Crippen LogP contribution in [0.15, 0.2) is 6.33 Å². The van der Waals surface area contributed by atoms with E-state index in [1.54, 1.807) is 0 Å². The maximum Gasteiger partial charge on any atom is 0.148 e. The molecule has 1 heterocycles. The molecule has 0 spiro atoms. The van der Waals surface area contributed by atoms with Gasteiger partial charge in [-0.2, -0.15) is 0 Å². The molecule has 3 N–H and O–H groups in total. The Morgan fingerprint density at radius 3 is 2.64 bits per heavy atom. The van der Waals surface area contributed by atoms with Crippen molar-refractivity contribution in [3.8, 4) is 0 Å². The number of nitrogens with one attached hydrogen (secondary N) is 1. The highest BCUT2D eigenvalue weighted by atomic mass is 15.3. The summed E-state index contributed by atoms with van der Waals surface area (Å²) in [4.78, 5) is 10.3. The SMILES string of the molecule is CCCc1c(NN)ncnc1N(C)C. The van der Waals surface area contributed by atoms with Gasteiger partial charge in [-0.05, 0) is 6.42 Å². The van der Waals surface area contributed by atoms with E-state index >= 15 is 0 Å². The molecule has 0 aliphatic heterocycles. The average molecular weight is 195 g/mol. The third-order valence-electron chi connectivity index (χ3n) is 1.98. The van der Waals surface area contributed by atoms with Crippen molar-refractivity contribution in [1.82, 2.24) is 9.97 Å². The Morgan fingerprint density at radius 2 is 2.14 bits per heavy atom. The number of anilines is 2. The highest BCUT2D eigenvalue weighted by Crippen LogP contribution is 2.22. The largest absolute Gasteiger partial charge is 0.362 e. The molecule has 5 heteroatoms. The van der Waals surface area contributed by atoms with Gasteiger partial charge in [0.1, 0.15) is 18.0 Å². The van der Waals surface area contributed by atoms with Crippen molar-refractivity contribution in [2.24, 2.45) is 5.84 Å². The number of nitrogen functional groups attached to an aromatic ring is 1. The lowest BCUT2D eigenvalue weighted by Crippen LogP contribution is -2.18. The van der Waals surface area contributed by atoms with Gasteiger partial charge in [-0.15, -0.1) is 0 Å². The lowest BCUT2D eigenvalue weighted by Gasteiger charge is -2.17. The van der Waals surface area contributed by atoms with Gasteiger partial charge in [0.15, 0.2) is 0 Å². The van der Waals surface area contributed by atoms with Gasteiger partial charge in [-0.1, -0.05) is 13.3 Å². The van der Waals surface area contributed by atoms with E-state index in [9.17, 15) is 0 Å². The van der Waals surface area contributed by atoms with E-state index in [-0.39, 0.29) is 0 Å². The third-order valence-corrected chi connectivity index (χ3v) is 1.98. The normalized spacial score (nSPS) is 10.0. The van der Waals surface area contributed by atoms with Gasteiger partial charge in [0.2, 0.25) is 0 Å². The number of aromatic nitrogens is 2. The van der Waals surface area contributed by atoms with E-state index in [1.165, 1.54) is 6.33 Å². The maximum atomic E-state index is 5.39. The van der Waals surface area contributed by atoms with Crippen molar-refractivity contribution in [2.75, 3.05) is 24.4 Å². The number of hydrogen-bond donors (Lipinski definition) is 2. The van der Waals surface area contributed by atoms with E-state index in [0.717, 1.165) is 24.2 Å². The smallest absolute Gasteiger partial charge is 0.148 e. The van der Waals surface area contributed by atoms with Gasteiger partial charge < -0.3 is 10.3 Å². The van der Waals surface area contributed by atoms with Gasteiger partial charge >= 0.3 is 0 Å². The highest BCUT2D eigenvalue weighted by Gasteiger charge is 2.10. The first kappa shape index (κ1) is 10.7. The Hall–Kier alpha value is -1.36. The molecule has 0 atom stereocenters. The van der Waals surface area contributed by atoms with Crippen molar-refractivity contribution in [1.29, 1.82) is 0 Å². The summed E-state index contributed by atoms with van der Waals surface area (Å²) in [7, 11) is 3.92. The topological polar surface area (TPSA) is 67.1 Å². The molecular weight excluding hydrogens is 178 g/mol. The molecule has 0 aromatic carbocycles. The summed E-state index contributed by atoms with van der Waals surface area (Å²) in [6.07, 6.45) is 3.49. The lowest BCUT2D eigenvalue weighted by molar-refractivity contribution is 0.884. The van der Waals surface area contributed by atoms with Crippen LogP contribution >= 0.6 is 0 Å². The second-order valence-corrected chi connectivity index (χ2v) is 3.31. The molecule has 1 rings (SSSR count). The predicted octanol–water partition coefficient (Wildman–Crippen LogP) is 0.781. The quantitative estimate of drug-likeness (QED) is 0.549. The van der Waals surface area contributed by atoms with Gasteiger partial charge in [-0.25, -0.2) is 15.8 Å². The first-order valence-corrected chi connectivity index (χ1v) is 4.68. The van der Waals surface area contributed by atoms with Crippen LogP contribution in [-0.4, -0.2) is 24.1 Å². The average Bonchev–Trinajstić information content (AvgIpc) is 2.18. The summed E-state index contributed by atoms with van der Waals surface area (Å²) in [5, 5.41) is 0. The molecule has 0 bridgehead atoms. The molecular formula is C9H17N5. The number of hydrazine groups is 1. The number of hydrogen-bond acceptors (Lipinski definition) is 5. The van der Waals surface area contributed by atoms with Crippen molar-refractivity contribution in [3.05, 3.63) is 11.9 Å². The first-order chi connectivity index (χ1) is 6.70. The number of nitrogens with two attached hydrogens (primary N) is 1. The zero-order chi connectivity index (χ0) is 10.6. The fourth-order valence-corrected chi connectivity index (χ4v) is 1.39. The van der Waals surface area contributed by atoms with Crippen LogP contribution in [0.3, 0.4) is 0 Å². The second-order valence-electron chi connectivity index (χ2n) is 3.31. The van der Waals surface area contributed by atoms with E-state index in [2.05, 4.69) is 22.3 Å². The standard InChI is InChI=1S/C9H17N5/c1-4-5-7-8(13-10)11-6-12-9(7)14(2)3/h6H,4-5,10H2,1-3H3,(H,11,12,13). The first-order valence-electron chi connectivity index (χ1n) is 4.68. The summed E-state index contributed by atoms with van der Waals surface area (Å²) in [5.41, 5.74) is 3.67. The highest BCUT2D eigenvalue weighted by molar-refractivity contribution is 5.57. The molecule has 0 aliphatic carbocycles. The monoisotopic (exact) mass is 195 g/mol. The van der Waals surface area contributed by atoms with Gasteiger partial charge in [0.25, 0.3) is 0 Å². The Kier molecular flexibility index (Phi) is 3.64. The minimum Gasteiger partial charge on any atom is -0.362 e. The lowest BCUT2D eigenvalue weighted by atomic mass is 10.1. The molecule has 0 amide bonds. The summed E-state index contributed by atoms with van der Waals surface area (Å²) in [6, 6.07) is 0. The van der Waals surface area contributed by atoms with Crippen LogP contribution in [0.4, 0.5) is 11.6 Å². The minimum absolute atomic E-state index is 0.713. The van der Waals surface area contributed by atoms with Crippen molar-refractivity contribution in [3.63, 3.8) is 0 Å². The van der Waals surface area contributed by atoms with Gasteiger partial charge in [0, 0.05) is 19.7 Å². The minimum atomic E-state index is 0.713. The molecule has 0 fully saturated rings. The molecule has 0 radical (unpaired) electrons. The van der Waals surface area contributed by atoms with Crippen LogP contribution in [0.5, 0.6) is 0 Å². The van der Waals surface area contributed by atoms with Crippen molar-refractivity contribution in [2.45, 2.75) is 19.8 Å². The maximum absolute atomic E-state index is 5.39. The number of nitrogens with zero attached hydrogens (tertiary/aromatic N) is 3. The van der Waals surface area contributed by atoms with Crippen LogP contribution in [0.1, 0.15) is 18.9 Å². The van der Waals surface area contributed by atoms with E-state index < -0.39 is 0 Å². The summed E-state index contributed by atoms with van der Waals surface area (Å²) in [6.45, 7) is 2.12. The summed E-state index contributed by atoms with van der Waals surface area (Å²) < 4.78 is 0. The Bertz CT molecular complexity index is 297. The summed E-state index contributed by atoms with van der Waals surface area (Å²) in [5.74, 6) is 7.03. The second kappa shape index (κ2) is 4.76. The molecule has 1 aromatic rings. The molecule has 0 saturated heterocycles. The Labute approximate surface area is 84.3 Å². The van der Waals surface area contributed by atoms with Gasteiger partial charge in [-0.3, -0.25) is 0 Å². The zero-order valence-corrected chi connectivity index (χ0v) is 8.91. The Balaban J connectivity index is 3.13. The van der Waals surface area contributed by atoms with Crippen LogP contribution in [0.25, 0.3) is 0 Å². The van der Waals surface area contributed by atoms with Crippen LogP contribution < -0.4 is 16.2 Å². The number of rotatable bonds is 4. The van der Waals surface area contributed by atoms with Crippen LogP contribution in [-0.2, 0) is 6.42 Å². The molecule has 1 aromatic heterocycles. The van der Waals surface area contributed by atoms with E-state index in [1.807, 2.05) is 19.0 Å². The van der Waals surface area contributed by atoms with Crippen LogP contribution in [0, 0.1) is 0 Å². The van der Waals surface area contributed by atoms with E-state index in [4.69, 9.17) is 5.84 Å². The molecule has 0 saturated carbocycles. The summed E-state index contributed by atoms with van der Waals surface area (Å²) >= 11 is 0. The predicted molar refractivity (Wildman–Crippen MR) is 58.2 cm³/mol. The fourth-order valence-electron chi connectivity index (χ4n) is 1.39. The molecule has 0 unspecified atom stereocenters. The molecule has 14 heavy (non-hydrogen) atoms. The Morgan fingerprint density at radius 1 is 1.43 bits per heavy atom. The van der Waals surface area contributed by atoms with Crippen LogP contribution in [0.2, 0.25) is 0 Å². The zero-order valence-electron chi connectivity index (χ0n) is 8.91. The van der Waals surface area contributed by atoms with Crippen molar-refractivity contribution >= 4 is 11.6 Å². The van der Waals surface area contributed by atoms with Gasteiger partial charge in [0.05, 0.1) is 0 Å². The van der Waals surface area contributed by atoms with Crippen molar-refractivity contribution < 1.29 is 0 Å². The molecule has 0 aliphatic rings. The third kappa shape index (κ3) is 2.11. The molecule has 5 nitrogen and oxygen atoms in total. The molecule has 78 valence electrons.